The van der Waals surface area contributed by atoms with E-state index in [1.807, 2.05) is 0 Å². The van der Waals surface area contributed by atoms with Gasteiger partial charge in [-0.1, -0.05) is 0 Å². The Morgan fingerprint density at radius 3 is 2.43 bits per heavy atom. The van der Waals surface area contributed by atoms with E-state index in [2.05, 4.69) is 4.74 Å². The number of aliphatic hydroxyl groups is 1. The largest absolute Gasteiger partial charge is 0.497 e. The van der Waals surface area contributed by atoms with Crippen LogP contribution in [0.15, 0.2) is 18.2 Å². The van der Waals surface area contributed by atoms with Gasteiger partial charge in [0.2, 0.25) is 0 Å². The number of aliphatic hydroxyl groups excluding tert-OH is 1. The molecule has 1 N–H and O–H groups in total. The quantitative estimate of drug-likeness (QED) is 0.820. The van der Waals surface area contributed by atoms with Crippen molar-refractivity contribution < 1.29 is 23.0 Å². The van der Waals surface area contributed by atoms with E-state index in [0.29, 0.717) is 0 Å². The third-order valence-electron chi connectivity index (χ3n) is 1.71. The molecule has 0 aromatic heterocycles. The zero-order valence-electron chi connectivity index (χ0n) is 7.38. The SMILES string of the molecule is COc1cc(F)cc(C(O)C(F)F)c1. The molecule has 1 unspecified atom stereocenters. The van der Waals surface area contributed by atoms with Crippen LogP contribution in [0.4, 0.5) is 13.2 Å². The van der Waals surface area contributed by atoms with Crippen molar-refractivity contribution in [1.82, 2.24) is 0 Å². The van der Waals surface area contributed by atoms with Gasteiger partial charge in [-0.25, -0.2) is 13.2 Å². The highest BCUT2D eigenvalue weighted by atomic mass is 19.3. The van der Waals surface area contributed by atoms with Crippen molar-refractivity contribution in [2.24, 2.45) is 0 Å². The molecule has 14 heavy (non-hydrogen) atoms. The summed E-state index contributed by atoms with van der Waals surface area (Å²) in [5.74, 6) is -0.626. The Hall–Kier alpha value is -1.23. The number of benzene rings is 1. The molecule has 0 heterocycles. The van der Waals surface area contributed by atoms with E-state index >= 15 is 0 Å². The summed E-state index contributed by atoms with van der Waals surface area (Å²) in [5.41, 5.74) is -0.197. The zero-order valence-corrected chi connectivity index (χ0v) is 7.38. The first-order valence-corrected chi connectivity index (χ1v) is 3.85. The maximum Gasteiger partial charge on any atom is 0.268 e. The Bertz CT molecular complexity index is 315. The molecule has 5 heteroatoms. The summed E-state index contributed by atoms with van der Waals surface area (Å²) < 4.78 is 41.6. The highest BCUT2D eigenvalue weighted by molar-refractivity contribution is 5.31. The van der Waals surface area contributed by atoms with Crippen molar-refractivity contribution in [2.75, 3.05) is 7.11 Å². The molecule has 0 spiro atoms. The molecule has 0 fully saturated rings. The monoisotopic (exact) mass is 206 g/mol. The van der Waals surface area contributed by atoms with E-state index in [9.17, 15) is 13.2 Å². The lowest BCUT2D eigenvalue weighted by Gasteiger charge is -2.11. The van der Waals surface area contributed by atoms with Gasteiger partial charge < -0.3 is 9.84 Å². The van der Waals surface area contributed by atoms with Crippen molar-refractivity contribution >= 4 is 0 Å². The first-order chi connectivity index (χ1) is 6.54. The van der Waals surface area contributed by atoms with E-state index in [1.165, 1.54) is 13.2 Å². The minimum Gasteiger partial charge on any atom is -0.497 e. The van der Waals surface area contributed by atoms with Crippen LogP contribution in [0.1, 0.15) is 11.7 Å². The molecule has 0 bridgehead atoms. The van der Waals surface area contributed by atoms with Crippen LogP contribution in [0, 0.1) is 5.82 Å². The number of hydrogen-bond donors (Lipinski definition) is 1. The molecule has 0 aliphatic rings. The highest BCUT2D eigenvalue weighted by Crippen LogP contribution is 2.25. The van der Waals surface area contributed by atoms with Gasteiger partial charge in [0.1, 0.15) is 17.7 Å². The first kappa shape index (κ1) is 10.8. The van der Waals surface area contributed by atoms with Crippen LogP contribution in [-0.2, 0) is 0 Å². The molecule has 0 saturated heterocycles. The van der Waals surface area contributed by atoms with E-state index in [-0.39, 0.29) is 11.3 Å². The third-order valence-corrected chi connectivity index (χ3v) is 1.71. The predicted octanol–water partition coefficient (Wildman–Crippen LogP) is 2.13. The first-order valence-electron chi connectivity index (χ1n) is 3.85. The van der Waals surface area contributed by atoms with Crippen LogP contribution < -0.4 is 4.74 Å². The Kier molecular flexibility index (Phi) is 3.35. The van der Waals surface area contributed by atoms with Gasteiger partial charge in [-0.3, -0.25) is 0 Å². The highest BCUT2D eigenvalue weighted by Gasteiger charge is 2.20. The molecule has 0 amide bonds. The number of alkyl halides is 2. The molecular formula is C9H9F3O2. The molecule has 1 rings (SSSR count). The van der Waals surface area contributed by atoms with Crippen molar-refractivity contribution in [2.45, 2.75) is 12.5 Å². The van der Waals surface area contributed by atoms with Crippen LogP contribution in [0.3, 0.4) is 0 Å². The number of hydrogen-bond acceptors (Lipinski definition) is 2. The van der Waals surface area contributed by atoms with E-state index < -0.39 is 18.3 Å². The van der Waals surface area contributed by atoms with E-state index in [4.69, 9.17) is 5.11 Å². The van der Waals surface area contributed by atoms with Gasteiger partial charge in [0, 0.05) is 6.07 Å². The number of methoxy groups -OCH3 is 1. The minimum atomic E-state index is -2.94. The average molecular weight is 206 g/mol. The van der Waals surface area contributed by atoms with Gasteiger partial charge in [0.05, 0.1) is 7.11 Å². The molecule has 0 aliphatic heterocycles. The Morgan fingerprint density at radius 2 is 1.93 bits per heavy atom. The number of ether oxygens (including phenoxy) is 1. The van der Waals surface area contributed by atoms with Crippen molar-refractivity contribution in [3.05, 3.63) is 29.6 Å². The van der Waals surface area contributed by atoms with Gasteiger partial charge in [0.25, 0.3) is 6.43 Å². The smallest absolute Gasteiger partial charge is 0.268 e. The van der Waals surface area contributed by atoms with Crippen molar-refractivity contribution in [3.8, 4) is 5.75 Å². The summed E-state index contributed by atoms with van der Waals surface area (Å²) in [6.07, 6.45) is -4.93. The molecule has 0 saturated carbocycles. The molecule has 0 aliphatic carbocycles. The van der Waals surface area contributed by atoms with Crippen LogP contribution >= 0.6 is 0 Å². The number of rotatable bonds is 3. The fraction of sp³-hybridized carbons (Fsp3) is 0.333. The van der Waals surface area contributed by atoms with Crippen LogP contribution in [0.25, 0.3) is 0 Å². The number of halogens is 3. The van der Waals surface area contributed by atoms with Crippen molar-refractivity contribution in [1.29, 1.82) is 0 Å². The summed E-state index contributed by atoms with van der Waals surface area (Å²) in [7, 11) is 1.29. The van der Waals surface area contributed by atoms with Crippen LogP contribution in [0.5, 0.6) is 5.75 Å². The topological polar surface area (TPSA) is 29.5 Å². The van der Waals surface area contributed by atoms with Gasteiger partial charge in [0.15, 0.2) is 0 Å². The maximum atomic E-state index is 12.8. The average Bonchev–Trinajstić information content (AvgIpc) is 2.15. The zero-order chi connectivity index (χ0) is 10.7. The molecule has 1 aromatic carbocycles. The lowest BCUT2D eigenvalue weighted by Crippen LogP contribution is -2.08. The van der Waals surface area contributed by atoms with E-state index in [1.54, 1.807) is 0 Å². The normalized spacial score (nSPS) is 13.0. The minimum absolute atomic E-state index is 0.0969. The lowest BCUT2D eigenvalue weighted by molar-refractivity contribution is -0.00601. The Labute approximate surface area is 78.9 Å². The fourth-order valence-electron chi connectivity index (χ4n) is 1.02. The van der Waals surface area contributed by atoms with Gasteiger partial charge in [-0.05, 0) is 17.7 Å². The molecular weight excluding hydrogens is 197 g/mol. The summed E-state index contributed by atoms with van der Waals surface area (Å²) in [6, 6.07) is 3.06. The summed E-state index contributed by atoms with van der Waals surface area (Å²) in [6.45, 7) is 0. The maximum absolute atomic E-state index is 12.8. The summed E-state index contributed by atoms with van der Waals surface area (Å²) in [5, 5.41) is 8.97. The van der Waals surface area contributed by atoms with Crippen LogP contribution in [-0.4, -0.2) is 18.6 Å². The summed E-state index contributed by atoms with van der Waals surface area (Å²) in [4.78, 5) is 0. The summed E-state index contributed by atoms with van der Waals surface area (Å²) >= 11 is 0. The predicted molar refractivity (Wildman–Crippen MR) is 43.9 cm³/mol. The second-order valence-corrected chi connectivity index (χ2v) is 2.70. The Balaban J connectivity index is 3.02. The van der Waals surface area contributed by atoms with Crippen molar-refractivity contribution in [3.63, 3.8) is 0 Å². The van der Waals surface area contributed by atoms with Gasteiger partial charge in [-0.15, -0.1) is 0 Å². The Morgan fingerprint density at radius 1 is 1.29 bits per heavy atom. The standard InChI is InChI=1S/C9H9F3O2/c1-14-7-3-5(2-6(10)4-7)8(13)9(11)12/h2-4,8-9,13H,1H3. The fourth-order valence-corrected chi connectivity index (χ4v) is 1.02. The van der Waals surface area contributed by atoms with Gasteiger partial charge >= 0.3 is 0 Å². The van der Waals surface area contributed by atoms with Crippen LogP contribution in [0.2, 0.25) is 0 Å². The van der Waals surface area contributed by atoms with E-state index in [0.717, 1.165) is 12.1 Å². The molecule has 1 aromatic rings. The molecule has 2 nitrogen and oxygen atoms in total. The second kappa shape index (κ2) is 4.32. The lowest BCUT2D eigenvalue weighted by atomic mass is 10.1. The molecule has 0 radical (unpaired) electrons. The van der Waals surface area contributed by atoms with Gasteiger partial charge in [-0.2, -0.15) is 0 Å². The molecule has 1 atom stereocenters. The molecule has 78 valence electrons. The third kappa shape index (κ3) is 2.38. The second-order valence-electron chi connectivity index (χ2n) is 2.70.